The average Bonchev–Trinajstić information content (AvgIpc) is 3.29. The van der Waals surface area contributed by atoms with Gasteiger partial charge in [-0.05, 0) is 42.5 Å². The smallest absolute Gasteiger partial charge is 0.326 e. The number of aliphatic carboxylic acids is 1. The minimum atomic E-state index is -1.10. The fourth-order valence-corrected chi connectivity index (χ4v) is 4.89. The summed E-state index contributed by atoms with van der Waals surface area (Å²) in [6, 6.07) is 19.0. The highest BCUT2D eigenvalue weighted by atomic mass is 79.9. The summed E-state index contributed by atoms with van der Waals surface area (Å²) in [7, 11) is 0. The summed E-state index contributed by atoms with van der Waals surface area (Å²) in [4.78, 5) is 39.1. The maximum Gasteiger partial charge on any atom is 0.326 e. The number of carbonyl (C=O) groups excluding carboxylic acids is 1. The number of hydrogen-bond acceptors (Lipinski definition) is 5. The molecule has 1 aliphatic heterocycles. The van der Waals surface area contributed by atoms with Crippen molar-refractivity contribution in [1.82, 2.24) is 4.90 Å². The molecule has 0 bridgehead atoms. The van der Waals surface area contributed by atoms with E-state index in [0.717, 1.165) is 0 Å². The number of nitrogens with zero attached hydrogens (tertiary/aromatic N) is 1. The zero-order valence-electron chi connectivity index (χ0n) is 18.7. The number of para-hydroxylation sites is 1. The summed E-state index contributed by atoms with van der Waals surface area (Å²) in [5.74, 6) is -0.844. The molecule has 0 aliphatic carbocycles. The van der Waals surface area contributed by atoms with Crippen LogP contribution in [-0.4, -0.2) is 40.6 Å². The SMILES string of the molecule is O=C(O)[C@@H]1C[C@H](Oc2cc(Br)ccc2-c2cc(=O)c3cccc(Cl)c3o2)CN1C(=O)c1ccccc1. The molecule has 0 radical (unpaired) electrons. The van der Waals surface area contributed by atoms with Gasteiger partial charge in [0.15, 0.2) is 11.0 Å². The Morgan fingerprint density at radius 1 is 1.06 bits per heavy atom. The first-order valence-corrected chi connectivity index (χ1v) is 12.3. The lowest BCUT2D eigenvalue weighted by molar-refractivity contribution is -0.141. The number of benzene rings is 3. The van der Waals surface area contributed by atoms with E-state index in [2.05, 4.69) is 15.9 Å². The van der Waals surface area contributed by atoms with Crippen LogP contribution in [0.5, 0.6) is 5.75 Å². The van der Waals surface area contributed by atoms with E-state index in [9.17, 15) is 19.5 Å². The predicted molar refractivity (Wildman–Crippen MR) is 139 cm³/mol. The molecule has 1 saturated heterocycles. The topological polar surface area (TPSA) is 97.1 Å². The van der Waals surface area contributed by atoms with E-state index in [4.69, 9.17) is 20.8 Å². The molecule has 9 heteroatoms. The monoisotopic (exact) mass is 567 g/mol. The molecule has 7 nitrogen and oxygen atoms in total. The normalized spacial score (nSPS) is 17.3. The van der Waals surface area contributed by atoms with Crippen LogP contribution in [0, 0.1) is 0 Å². The van der Waals surface area contributed by atoms with Crippen molar-refractivity contribution in [2.24, 2.45) is 0 Å². The summed E-state index contributed by atoms with van der Waals surface area (Å²) in [5, 5.41) is 10.4. The van der Waals surface area contributed by atoms with Crippen molar-refractivity contribution < 1.29 is 23.8 Å². The van der Waals surface area contributed by atoms with Crippen molar-refractivity contribution in [1.29, 1.82) is 0 Å². The Hall–Kier alpha value is -3.62. The first-order valence-electron chi connectivity index (χ1n) is 11.1. The van der Waals surface area contributed by atoms with E-state index in [0.29, 0.717) is 31.8 Å². The Kier molecular flexibility index (Phi) is 6.55. The first kappa shape index (κ1) is 24.1. The van der Waals surface area contributed by atoms with Gasteiger partial charge in [0.25, 0.3) is 5.91 Å². The molecule has 0 saturated carbocycles. The number of halogens is 2. The van der Waals surface area contributed by atoms with E-state index >= 15 is 0 Å². The van der Waals surface area contributed by atoms with Gasteiger partial charge in [-0.1, -0.05) is 51.8 Å². The molecule has 5 rings (SSSR count). The van der Waals surface area contributed by atoms with Gasteiger partial charge in [-0.2, -0.15) is 0 Å². The molecule has 1 fully saturated rings. The summed E-state index contributed by atoms with van der Waals surface area (Å²) in [5.41, 5.74) is 0.912. The molecular weight excluding hydrogens is 550 g/mol. The van der Waals surface area contributed by atoms with Gasteiger partial charge >= 0.3 is 5.97 Å². The van der Waals surface area contributed by atoms with Gasteiger partial charge in [0.1, 0.15) is 23.7 Å². The molecule has 0 unspecified atom stereocenters. The Labute approximate surface area is 219 Å². The summed E-state index contributed by atoms with van der Waals surface area (Å²) < 4.78 is 12.9. The molecule has 0 spiro atoms. The van der Waals surface area contributed by atoms with Crippen LogP contribution in [0.2, 0.25) is 5.02 Å². The van der Waals surface area contributed by atoms with E-state index in [1.807, 2.05) is 0 Å². The number of rotatable bonds is 5. The molecule has 182 valence electrons. The zero-order valence-corrected chi connectivity index (χ0v) is 21.0. The number of fused-ring (bicyclic) bond motifs is 1. The highest BCUT2D eigenvalue weighted by Gasteiger charge is 2.41. The lowest BCUT2D eigenvalue weighted by Crippen LogP contribution is -2.40. The molecule has 36 heavy (non-hydrogen) atoms. The fourth-order valence-electron chi connectivity index (χ4n) is 4.34. The molecule has 1 aromatic heterocycles. The third-order valence-corrected chi connectivity index (χ3v) is 6.83. The van der Waals surface area contributed by atoms with Crippen molar-refractivity contribution in [3.8, 4) is 17.1 Å². The molecule has 2 heterocycles. The Morgan fingerprint density at radius 3 is 2.58 bits per heavy atom. The molecule has 2 atom stereocenters. The Bertz CT molecular complexity index is 1540. The van der Waals surface area contributed by atoms with E-state index in [-0.39, 0.29) is 35.6 Å². The predicted octanol–water partition coefficient (Wildman–Crippen LogP) is 5.62. The minimum Gasteiger partial charge on any atom is -0.488 e. The maximum atomic E-state index is 13.0. The van der Waals surface area contributed by atoms with Crippen LogP contribution < -0.4 is 10.2 Å². The third-order valence-electron chi connectivity index (χ3n) is 6.04. The number of carboxylic acids is 1. The fraction of sp³-hybridized carbons (Fsp3) is 0.148. The highest BCUT2D eigenvalue weighted by Crippen LogP contribution is 2.36. The number of ether oxygens (including phenoxy) is 1. The molecule has 3 aromatic carbocycles. The summed E-state index contributed by atoms with van der Waals surface area (Å²) in [6.45, 7) is 0.0874. The van der Waals surface area contributed by atoms with Crippen molar-refractivity contribution in [2.75, 3.05) is 6.54 Å². The summed E-state index contributed by atoms with van der Waals surface area (Å²) >= 11 is 9.70. The second kappa shape index (κ2) is 9.79. The third kappa shape index (κ3) is 4.62. The van der Waals surface area contributed by atoms with Crippen molar-refractivity contribution in [3.05, 3.63) is 98.1 Å². The van der Waals surface area contributed by atoms with Crippen molar-refractivity contribution in [2.45, 2.75) is 18.6 Å². The number of carbonyl (C=O) groups is 2. The van der Waals surface area contributed by atoms with E-state index < -0.39 is 18.1 Å². The number of amides is 1. The quantitative estimate of drug-likeness (QED) is 0.336. The Morgan fingerprint density at radius 2 is 1.83 bits per heavy atom. The van der Waals surface area contributed by atoms with Crippen LogP contribution in [0.3, 0.4) is 0 Å². The van der Waals surface area contributed by atoms with Gasteiger partial charge in [0.2, 0.25) is 0 Å². The molecule has 1 N–H and O–H groups in total. The van der Waals surface area contributed by atoms with Gasteiger partial charge in [0, 0.05) is 22.5 Å². The largest absolute Gasteiger partial charge is 0.488 e. The number of carboxylic acid groups (broad SMARTS) is 1. The van der Waals surface area contributed by atoms with Crippen LogP contribution in [0.4, 0.5) is 0 Å². The number of hydrogen-bond donors (Lipinski definition) is 1. The average molecular weight is 569 g/mol. The zero-order chi connectivity index (χ0) is 25.4. The molecule has 1 aliphatic rings. The van der Waals surface area contributed by atoms with Crippen molar-refractivity contribution >= 4 is 50.4 Å². The number of likely N-dealkylation sites (tertiary alicyclic amines) is 1. The van der Waals surface area contributed by atoms with Crippen LogP contribution in [0.25, 0.3) is 22.3 Å². The van der Waals surface area contributed by atoms with E-state index in [1.54, 1.807) is 66.7 Å². The minimum absolute atomic E-state index is 0.0874. The van der Waals surface area contributed by atoms with E-state index in [1.165, 1.54) is 11.0 Å². The standard InChI is InChI=1S/C27H19BrClNO6/c28-16-9-10-19(24-13-22(31)18-7-4-8-20(29)25(18)36-24)23(11-16)35-17-12-21(27(33)34)30(14-17)26(32)15-5-2-1-3-6-15/h1-11,13,17,21H,12,14H2,(H,33,34)/t17-,21-/m0/s1. The first-order chi connectivity index (χ1) is 17.3. The van der Waals surface area contributed by atoms with Crippen LogP contribution in [0.15, 0.2) is 86.5 Å². The second-order valence-corrected chi connectivity index (χ2v) is 9.71. The van der Waals surface area contributed by atoms with Gasteiger partial charge < -0.3 is 19.2 Å². The Balaban J connectivity index is 1.49. The summed E-state index contributed by atoms with van der Waals surface area (Å²) in [6.07, 6.45) is -0.490. The van der Waals surface area contributed by atoms with Gasteiger partial charge in [-0.25, -0.2) is 4.79 Å². The second-order valence-electron chi connectivity index (χ2n) is 8.39. The molecule has 4 aromatic rings. The highest BCUT2D eigenvalue weighted by molar-refractivity contribution is 9.10. The lowest BCUT2D eigenvalue weighted by Gasteiger charge is -2.21. The maximum absolute atomic E-state index is 13.0. The van der Waals surface area contributed by atoms with Crippen LogP contribution in [-0.2, 0) is 4.79 Å². The van der Waals surface area contributed by atoms with Gasteiger partial charge in [0.05, 0.1) is 22.5 Å². The molecule has 1 amide bonds. The van der Waals surface area contributed by atoms with Crippen LogP contribution >= 0.6 is 27.5 Å². The van der Waals surface area contributed by atoms with Crippen LogP contribution in [0.1, 0.15) is 16.8 Å². The molecular formula is C27H19BrClNO6. The van der Waals surface area contributed by atoms with Gasteiger partial charge in [-0.15, -0.1) is 0 Å². The van der Waals surface area contributed by atoms with Gasteiger partial charge in [-0.3, -0.25) is 9.59 Å². The van der Waals surface area contributed by atoms with Crippen molar-refractivity contribution in [3.63, 3.8) is 0 Å². The lowest BCUT2D eigenvalue weighted by atomic mass is 10.1.